The summed E-state index contributed by atoms with van der Waals surface area (Å²) in [5.74, 6) is -12.7. The number of nitrogens with one attached hydrogen (secondary N) is 4. The first-order valence-corrected chi connectivity index (χ1v) is 42.0. The number of imide groups is 1. The van der Waals surface area contributed by atoms with E-state index in [-0.39, 0.29) is 72.9 Å². The second-order valence-corrected chi connectivity index (χ2v) is 35.2. The maximum absolute atomic E-state index is 14.1. The van der Waals surface area contributed by atoms with E-state index in [0.717, 1.165) is 77.4 Å². The van der Waals surface area contributed by atoms with Gasteiger partial charge in [-0.25, -0.2) is 24.4 Å². The molecule has 7 amide bonds. The molecule has 14 rings (SSSR count). The number of benzene rings is 3. The van der Waals surface area contributed by atoms with Gasteiger partial charge in [0.15, 0.2) is 29.3 Å². The highest BCUT2D eigenvalue weighted by Gasteiger charge is 2.67. The minimum absolute atomic E-state index is 0.0721. The number of aromatic nitrogens is 4. The molecule has 3 unspecified atom stereocenters. The molecule has 40 nitrogen and oxygen atoms in total. The van der Waals surface area contributed by atoms with Crippen LogP contribution in [0.2, 0.25) is 0 Å². The van der Waals surface area contributed by atoms with Gasteiger partial charge in [-0.05, 0) is 134 Å². The van der Waals surface area contributed by atoms with Crippen molar-refractivity contribution in [2.24, 2.45) is 16.2 Å². The van der Waals surface area contributed by atoms with Gasteiger partial charge < -0.3 is 100 Å². The molecule has 42 heteroatoms. The smallest absolute Gasteiger partial charge is 0.410 e. The Morgan fingerprint density at radius 1 is 0.797 bits per heavy atom. The SMILES string of the molecule is COCCN(CCOC12CC3(C)CC(C)(CC(Cn4ncc(-c5ccc(N6CCc7c(OC)ccc(C(=O)Nc8nc9ccccc9s8)c7C6)nc5C(=O)O)c4C)(C3)C1)C2)C(=O)OC/C=C/c1ccc(OC2(O[C@@H]3O[C@H](CO)[C@@H](O)[C@H](O)[C@H]3O)O[C@H](C(=O)O)[C@@H](O)[C@H](O)[C@H]2O)c(NC(=O)CCNC(=O)[C@H](CS(=O)(=O)O)NC(=O)CCN2C(=O)C=CC2=O)c1. The number of carboxylic acid groups (broad SMARTS) is 2. The zero-order valence-corrected chi connectivity index (χ0v) is 69.2. The maximum Gasteiger partial charge on any atom is 0.410 e. The molecule has 3 aromatic heterocycles. The molecule has 4 saturated carbocycles. The molecular weight excluding hydrogens is 1660 g/mol. The third-order valence-electron chi connectivity index (χ3n) is 23.2. The maximum atomic E-state index is 14.1. The Hall–Kier alpha value is -10.5. The van der Waals surface area contributed by atoms with Crippen LogP contribution in [0, 0.1) is 23.2 Å². The van der Waals surface area contributed by atoms with Crippen LogP contribution in [0.25, 0.3) is 27.4 Å². The Balaban J connectivity index is 0.681. The molecule has 14 N–H and O–H groups in total. The lowest BCUT2D eigenvalue weighted by molar-refractivity contribution is -0.473. The lowest BCUT2D eigenvalue weighted by atomic mass is 9.39. The number of anilines is 3. The molecule has 3 aromatic carbocycles. The molecule has 6 aromatic rings. The molecule has 0 spiro atoms. The lowest BCUT2D eigenvalue weighted by Gasteiger charge is -2.69. The van der Waals surface area contributed by atoms with Gasteiger partial charge in [-0.2, -0.15) is 13.5 Å². The summed E-state index contributed by atoms with van der Waals surface area (Å²) in [7, 11) is -1.95. The standard InChI is InChI=1S/C81H97N11O29S2/c1-43-48(46-14-17-57(87-62(46)72(106)107)90-24-21-45-49(33-90)47(13-16-53(45)115-5)70(104)88-75-86-50-10-6-7-11-56(50)122-75)32-83-92(43)42-79-37-77(2)36-78(3,38-79)40-80(39-77,41-79)117-30-27-89(26-29-114-4)76(110)116-28-8-9-44-12-15-54(119-81(69(103)66(101)65(100)68(120-81)73(108)109)121-74-67(102)64(99)63(98)55(34-93)118-74)51(31-44)84-58(94)20-23-82-71(105)52(35-123(111,112)113)85-59(95)22-25-91-60(96)18-19-61(91)97/h6-19,31-32,52,55,63-69,74,93,98-103H,20-30,33-42H2,1-5H3,(H,82,105)(H,84,94)(H,85,95)(H,106,107)(H,108,109)(H,86,88,104)(H,111,112,113)/b9-8+/t52-,55+,63+,64-,65-,66-,67+,68-,69+,74-,77?,78?,79?,80?,81?/m0/s1. The number of carbonyl (C=O) groups excluding carboxylic acids is 7. The molecule has 0 radical (unpaired) electrons. The summed E-state index contributed by atoms with van der Waals surface area (Å²) >= 11 is 1.37. The van der Waals surface area contributed by atoms with Crippen LogP contribution in [-0.4, -0.2) is 294 Å². The fraction of sp³-hybridized carbons (Fsp3) is 0.506. The van der Waals surface area contributed by atoms with Gasteiger partial charge in [0.2, 0.25) is 17.7 Å². The average Bonchev–Trinajstić information content (AvgIpc) is 1.22. The number of hydrogen-bond acceptors (Lipinski definition) is 31. The van der Waals surface area contributed by atoms with E-state index in [0.29, 0.717) is 64.2 Å². The highest BCUT2D eigenvalue weighted by molar-refractivity contribution is 7.85. The van der Waals surface area contributed by atoms with Gasteiger partial charge in [-0.15, -0.1) is 0 Å². The Labute approximate surface area is 707 Å². The van der Waals surface area contributed by atoms with Gasteiger partial charge in [0.25, 0.3) is 27.8 Å². The topological polar surface area (TPSA) is 565 Å². The Bertz CT molecular complexity index is 5170. The van der Waals surface area contributed by atoms with E-state index in [4.69, 9.17) is 48.0 Å². The number of aromatic carboxylic acids is 1. The van der Waals surface area contributed by atoms with Crippen molar-refractivity contribution < 1.29 is 140 Å². The molecule has 123 heavy (non-hydrogen) atoms. The fourth-order valence-corrected chi connectivity index (χ4v) is 20.2. The molecule has 4 aliphatic heterocycles. The number of hydrogen-bond donors (Lipinski definition) is 14. The summed E-state index contributed by atoms with van der Waals surface area (Å²) in [6, 6.07) is 16.2. The van der Waals surface area contributed by atoms with Crippen LogP contribution >= 0.6 is 11.3 Å². The number of ether oxygens (including phenoxy) is 8. The van der Waals surface area contributed by atoms with Crippen molar-refractivity contribution >= 4 is 108 Å². The van der Waals surface area contributed by atoms with Crippen molar-refractivity contribution in [3.8, 4) is 22.6 Å². The second kappa shape index (κ2) is 36.7. The first-order chi connectivity index (χ1) is 58.4. The van der Waals surface area contributed by atoms with Crippen LogP contribution in [0.1, 0.15) is 108 Å². The largest absolute Gasteiger partial charge is 0.496 e. The van der Waals surface area contributed by atoms with Crippen LogP contribution in [0.3, 0.4) is 0 Å². The lowest BCUT2D eigenvalue weighted by Crippen LogP contribution is -2.71. The number of amides is 7. The van der Waals surface area contributed by atoms with E-state index in [9.17, 15) is 102 Å². The zero-order chi connectivity index (χ0) is 88.4. The van der Waals surface area contributed by atoms with E-state index >= 15 is 0 Å². The van der Waals surface area contributed by atoms with Crippen molar-refractivity contribution in [2.45, 2.75) is 164 Å². The summed E-state index contributed by atoms with van der Waals surface area (Å²) in [6.07, 6.45) is -10.9. The monoisotopic (exact) mass is 1750 g/mol. The Morgan fingerprint density at radius 3 is 2.21 bits per heavy atom. The number of carboxylic acids is 2. The number of carbonyl (C=O) groups is 9. The van der Waals surface area contributed by atoms with Crippen molar-refractivity contribution in [3.05, 3.63) is 125 Å². The number of nitrogens with zero attached hydrogens (tertiary/aromatic N) is 7. The number of rotatable bonds is 35. The third-order valence-corrected chi connectivity index (χ3v) is 24.9. The Morgan fingerprint density at radius 2 is 1.52 bits per heavy atom. The molecule has 13 atom stereocenters. The molecule has 7 heterocycles. The highest BCUT2D eigenvalue weighted by atomic mass is 32.2. The van der Waals surface area contributed by atoms with Gasteiger partial charge in [0.1, 0.15) is 72.3 Å². The van der Waals surface area contributed by atoms with Crippen molar-refractivity contribution in [1.82, 2.24) is 40.2 Å². The summed E-state index contributed by atoms with van der Waals surface area (Å²) < 4.78 is 83.4. The number of aliphatic carboxylic acids is 1. The van der Waals surface area contributed by atoms with Crippen molar-refractivity contribution in [1.29, 1.82) is 0 Å². The normalized spacial score (nSPS) is 27.4. The summed E-state index contributed by atoms with van der Waals surface area (Å²) in [6.45, 7) is 5.55. The van der Waals surface area contributed by atoms with E-state index in [2.05, 4.69) is 40.1 Å². The average molecular weight is 1750 g/mol. The molecule has 2 saturated heterocycles. The van der Waals surface area contributed by atoms with Gasteiger partial charge in [0, 0.05) is 106 Å². The van der Waals surface area contributed by atoms with E-state index in [1.165, 1.54) is 47.6 Å². The van der Waals surface area contributed by atoms with Gasteiger partial charge >= 0.3 is 24.0 Å². The summed E-state index contributed by atoms with van der Waals surface area (Å²) in [5, 5.41) is 112. The molecule has 4 bridgehead atoms. The molecule has 8 aliphatic rings. The van der Waals surface area contributed by atoms with E-state index in [1.807, 2.05) is 40.8 Å². The van der Waals surface area contributed by atoms with Crippen molar-refractivity contribution in [2.75, 3.05) is 94.7 Å². The van der Waals surface area contributed by atoms with Crippen LogP contribution in [0.15, 0.2) is 91.2 Å². The fourth-order valence-electron chi connectivity index (χ4n) is 18.7. The predicted molar refractivity (Wildman–Crippen MR) is 432 cm³/mol. The highest BCUT2D eigenvalue weighted by Crippen LogP contribution is 2.72. The van der Waals surface area contributed by atoms with Gasteiger partial charge in [-0.1, -0.05) is 49.5 Å². The summed E-state index contributed by atoms with van der Waals surface area (Å²) in [5.41, 5.74) is 2.88. The molecule has 662 valence electrons. The second-order valence-electron chi connectivity index (χ2n) is 32.7. The predicted octanol–water partition coefficient (Wildman–Crippen LogP) is 1.87. The minimum atomic E-state index is -4.99. The number of fused-ring (bicyclic) bond motifs is 2. The number of thiazole rings is 1. The van der Waals surface area contributed by atoms with Gasteiger partial charge in [-0.3, -0.25) is 57.7 Å². The number of para-hydroxylation sites is 1. The minimum Gasteiger partial charge on any atom is -0.496 e. The number of methoxy groups -OCH3 is 2. The first-order valence-electron chi connectivity index (χ1n) is 39.6. The molecule has 6 fully saturated rings. The van der Waals surface area contributed by atoms with Crippen LogP contribution in [-0.2, 0) is 86.8 Å². The number of aliphatic hydroxyl groups excluding tert-OH is 7. The van der Waals surface area contributed by atoms with Gasteiger partial charge in [0.05, 0.1) is 54.6 Å². The molecule has 4 aliphatic carbocycles. The summed E-state index contributed by atoms with van der Waals surface area (Å²) in [4.78, 5) is 132. The third kappa shape index (κ3) is 20.0. The zero-order valence-electron chi connectivity index (χ0n) is 67.5. The van der Waals surface area contributed by atoms with E-state index in [1.54, 1.807) is 37.6 Å². The van der Waals surface area contributed by atoms with E-state index < -0.39 is 180 Å². The number of aliphatic hydroxyl groups is 7. The van der Waals surface area contributed by atoms with Crippen LogP contribution < -0.4 is 35.6 Å². The van der Waals surface area contributed by atoms with Crippen molar-refractivity contribution in [3.63, 3.8) is 0 Å². The number of pyridine rings is 1. The quantitative estimate of drug-likeness (QED) is 0.0153. The molecular formula is C81H97N11O29S2. The first kappa shape index (κ1) is 90.2. The van der Waals surface area contributed by atoms with Crippen LogP contribution in [0.5, 0.6) is 11.5 Å². The Kier molecular flexibility index (Phi) is 26.9. The van der Waals surface area contributed by atoms with Crippen LogP contribution in [0.4, 0.5) is 21.4 Å².